The highest BCUT2D eigenvalue weighted by atomic mass is 127. The minimum absolute atomic E-state index is 0. The van der Waals surface area contributed by atoms with Gasteiger partial charge in [0.1, 0.15) is 0 Å². The lowest BCUT2D eigenvalue weighted by Gasteiger charge is -2.28. The van der Waals surface area contributed by atoms with Gasteiger partial charge in [-0.25, -0.2) is 0 Å². The van der Waals surface area contributed by atoms with Gasteiger partial charge in [-0.15, -0.1) is 24.0 Å². The number of nitrogens with one attached hydrogen (secondary N) is 1. The van der Waals surface area contributed by atoms with Crippen LogP contribution in [0.2, 0.25) is 0 Å². The van der Waals surface area contributed by atoms with Crippen molar-refractivity contribution in [3.05, 3.63) is 35.9 Å². The number of halogens is 1. The third-order valence-corrected chi connectivity index (χ3v) is 4.08. The zero-order valence-corrected chi connectivity index (χ0v) is 14.8. The molecule has 116 valence electrons. The van der Waals surface area contributed by atoms with E-state index < -0.39 is 0 Å². The Labute approximate surface area is 144 Å². The Hall–Kier alpha value is -0.820. The molecule has 3 rings (SSSR count). The number of nitrogens with zero attached hydrogens (tertiary/aromatic N) is 2. The fraction of sp³-hybridized carbons (Fsp3) is 0.562. The molecule has 4 nitrogen and oxygen atoms in total. The second kappa shape index (κ2) is 7.98. The molecule has 0 bridgehead atoms. The number of aliphatic imine (C=N–C) groups is 1. The monoisotopic (exact) mass is 401 g/mol. The van der Waals surface area contributed by atoms with Gasteiger partial charge >= 0.3 is 0 Å². The minimum Gasteiger partial charge on any atom is -0.381 e. The molecule has 2 unspecified atom stereocenters. The SMILES string of the molecule is CN(CC1CCCOC1)C1=NCC(c2ccccc2)N1.I. The normalized spacial score (nSPS) is 24.7. The largest absolute Gasteiger partial charge is 0.381 e. The van der Waals surface area contributed by atoms with Gasteiger partial charge in [-0.2, -0.15) is 0 Å². The maximum Gasteiger partial charge on any atom is 0.194 e. The minimum atomic E-state index is 0. The molecular weight excluding hydrogens is 377 g/mol. The first kappa shape index (κ1) is 16.5. The quantitative estimate of drug-likeness (QED) is 0.792. The van der Waals surface area contributed by atoms with E-state index in [9.17, 15) is 0 Å². The fourth-order valence-electron chi connectivity index (χ4n) is 2.96. The molecule has 2 atom stereocenters. The van der Waals surface area contributed by atoms with Crippen LogP contribution in [0.5, 0.6) is 0 Å². The number of hydrogen-bond acceptors (Lipinski definition) is 4. The second-order valence-corrected chi connectivity index (χ2v) is 5.74. The van der Waals surface area contributed by atoms with Gasteiger partial charge in [-0.05, 0) is 24.3 Å². The summed E-state index contributed by atoms with van der Waals surface area (Å²) in [4.78, 5) is 6.89. The molecule has 2 aliphatic heterocycles. The summed E-state index contributed by atoms with van der Waals surface area (Å²) in [5.41, 5.74) is 1.31. The van der Waals surface area contributed by atoms with Crippen LogP contribution in [0.15, 0.2) is 35.3 Å². The molecule has 0 aromatic heterocycles. The maximum absolute atomic E-state index is 5.55. The molecule has 1 fully saturated rings. The Morgan fingerprint density at radius 3 is 2.86 bits per heavy atom. The highest BCUT2D eigenvalue weighted by Crippen LogP contribution is 2.19. The van der Waals surface area contributed by atoms with Crippen molar-refractivity contribution in [3.8, 4) is 0 Å². The highest BCUT2D eigenvalue weighted by molar-refractivity contribution is 14.0. The van der Waals surface area contributed by atoms with E-state index in [2.05, 4.69) is 52.6 Å². The summed E-state index contributed by atoms with van der Waals surface area (Å²) in [5, 5.41) is 3.53. The third kappa shape index (κ3) is 4.32. The highest BCUT2D eigenvalue weighted by Gasteiger charge is 2.23. The van der Waals surface area contributed by atoms with Crippen LogP contribution in [0.4, 0.5) is 0 Å². The average molecular weight is 401 g/mol. The molecule has 2 heterocycles. The van der Waals surface area contributed by atoms with Gasteiger partial charge in [0.25, 0.3) is 0 Å². The molecule has 0 aliphatic carbocycles. The van der Waals surface area contributed by atoms with Crippen LogP contribution < -0.4 is 5.32 Å². The van der Waals surface area contributed by atoms with Crippen molar-refractivity contribution in [1.82, 2.24) is 10.2 Å². The van der Waals surface area contributed by atoms with Crippen molar-refractivity contribution >= 4 is 29.9 Å². The Morgan fingerprint density at radius 2 is 2.14 bits per heavy atom. The van der Waals surface area contributed by atoms with Gasteiger partial charge < -0.3 is 15.0 Å². The number of ether oxygens (including phenoxy) is 1. The Bertz CT molecular complexity index is 460. The molecule has 1 aromatic rings. The second-order valence-electron chi connectivity index (χ2n) is 5.74. The molecule has 0 saturated carbocycles. The molecular formula is C16H24IN3O. The summed E-state index contributed by atoms with van der Waals surface area (Å²) in [7, 11) is 2.12. The summed E-state index contributed by atoms with van der Waals surface area (Å²) in [6.45, 7) is 3.66. The molecule has 0 amide bonds. The van der Waals surface area contributed by atoms with Crippen molar-refractivity contribution in [2.75, 3.05) is 33.4 Å². The van der Waals surface area contributed by atoms with Crippen LogP contribution in [0.3, 0.4) is 0 Å². The summed E-state index contributed by atoms with van der Waals surface area (Å²) < 4.78 is 5.55. The number of benzene rings is 1. The summed E-state index contributed by atoms with van der Waals surface area (Å²) in [6, 6.07) is 10.8. The average Bonchev–Trinajstić information content (AvgIpc) is 2.99. The van der Waals surface area contributed by atoms with E-state index in [1.165, 1.54) is 18.4 Å². The smallest absolute Gasteiger partial charge is 0.194 e. The number of hydrogen-bond donors (Lipinski definition) is 1. The third-order valence-electron chi connectivity index (χ3n) is 4.08. The summed E-state index contributed by atoms with van der Waals surface area (Å²) in [5.74, 6) is 1.65. The fourth-order valence-corrected chi connectivity index (χ4v) is 2.96. The van der Waals surface area contributed by atoms with Gasteiger partial charge in [0, 0.05) is 20.2 Å². The summed E-state index contributed by atoms with van der Waals surface area (Å²) >= 11 is 0. The molecule has 5 heteroatoms. The van der Waals surface area contributed by atoms with Crippen molar-refractivity contribution in [1.29, 1.82) is 0 Å². The van der Waals surface area contributed by atoms with E-state index in [1.807, 2.05) is 0 Å². The van der Waals surface area contributed by atoms with Gasteiger partial charge in [0.15, 0.2) is 5.96 Å². The van der Waals surface area contributed by atoms with Gasteiger partial charge in [-0.1, -0.05) is 30.3 Å². The van der Waals surface area contributed by atoms with E-state index in [-0.39, 0.29) is 24.0 Å². The first-order chi connectivity index (χ1) is 9.83. The van der Waals surface area contributed by atoms with Gasteiger partial charge in [0.2, 0.25) is 0 Å². The van der Waals surface area contributed by atoms with Crippen molar-refractivity contribution in [2.24, 2.45) is 10.9 Å². The van der Waals surface area contributed by atoms with Crippen molar-refractivity contribution < 1.29 is 4.74 Å². The Kier molecular flexibility index (Phi) is 6.29. The zero-order valence-electron chi connectivity index (χ0n) is 12.5. The van der Waals surface area contributed by atoms with E-state index in [1.54, 1.807) is 0 Å². The summed E-state index contributed by atoms with van der Waals surface area (Å²) in [6.07, 6.45) is 2.45. The maximum atomic E-state index is 5.55. The first-order valence-electron chi connectivity index (χ1n) is 7.48. The van der Waals surface area contributed by atoms with Crippen LogP contribution in [0.1, 0.15) is 24.4 Å². The predicted octanol–water partition coefficient (Wildman–Crippen LogP) is 2.66. The van der Waals surface area contributed by atoms with Crippen molar-refractivity contribution in [2.45, 2.75) is 18.9 Å². The van der Waals surface area contributed by atoms with E-state index in [4.69, 9.17) is 4.74 Å². The first-order valence-corrected chi connectivity index (χ1v) is 7.48. The van der Waals surface area contributed by atoms with Crippen LogP contribution in [-0.2, 0) is 4.74 Å². The van der Waals surface area contributed by atoms with Crippen LogP contribution in [-0.4, -0.2) is 44.2 Å². The molecule has 1 N–H and O–H groups in total. The molecule has 1 aromatic carbocycles. The van der Waals surface area contributed by atoms with Crippen LogP contribution >= 0.6 is 24.0 Å². The molecule has 21 heavy (non-hydrogen) atoms. The van der Waals surface area contributed by atoms with E-state index >= 15 is 0 Å². The van der Waals surface area contributed by atoms with Gasteiger partial charge in [0.05, 0.1) is 19.2 Å². The lowest BCUT2D eigenvalue weighted by molar-refractivity contribution is 0.0483. The Morgan fingerprint density at radius 1 is 1.33 bits per heavy atom. The van der Waals surface area contributed by atoms with E-state index in [0.717, 1.165) is 32.3 Å². The number of guanidine groups is 1. The van der Waals surface area contributed by atoms with Gasteiger partial charge in [-0.3, -0.25) is 4.99 Å². The Balaban J connectivity index is 0.00000161. The van der Waals surface area contributed by atoms with E-state index in [0.29, 0.717) is 12.0 Å². The van der Waals surface area contributed by atoms with Crippen molar-refractivity contribution in [3.63, 3.8) is 0 Å². The standard InChI is InChI=1S/C16H23N3O.HI/c1-19(11-13-6-5-9-20-12-13)16-17-10-15(18-16)14-7-3-2-4-8-14;/h2-4,7-8,13,15H,5-6,9-12H2,1H3,(H,17,18);1H. The predicted molar refractivity (Wildman–Crippen MR) is 96.2 cm³/mol. The van der Waals surface area contributed by atoms with Crippen LogP contribution in [0.25, 0.3) is 0 Å². The zero-order chi connectivity index (χ0) is 13.8. The lowest BCUT2D eigenvalue weighted by atomic mass is 10.0. The molecule has 2 aliphatic rings. The molecule has 1 saturated heterocycles. The van der Waals surface area contributed by atoms with Crippen LogP contribution in [0, 0.1) is 5.92 Å². The lowest BCUT2D eigenvalue weighted by Crippen LogP contribution is -2.41. The molecule has 0 radical (unpaired) electrons. The molecule has 0 spiro atoms. The topological polar surface area (TPSA) is 36.9 Å². The number of rotatable bonds is 3.